The zero-order valence-corrected chi connectivity index (χ0v) is 28.6. The lowest BCUT2D eigenvalue weighted by molar-refractivity contribution is 0.660. The summed E-state index contributed by atoms with van der Waals surface area (Å²) in [6, 6.07) is 61.2. The molecule has 10 rings (SSSR count). The van der Waals surface area contributed by atoms with Crippen LogP contribution in [0.3, 0.4) is 0 Å². The molecular weight excluding hydrogens is 601 g/mol. The minimum Gasteiger partial charge on any atom is -0.0619 e. The van der Waals surface area contributed by atoms with Crippen LogP contribution < -0.4 is 0 Å². The number of benzene rings is 9. The van der Waals surface area contributed by atoms with E-state index < -0.39 is 0 Å². The van der Waals surface area contributed by atoms with Gasteiger partial charge in [0.2, 0.25) is 0 Å². The van der Waals surface area contributed by atoms with Gasteiger partial charge in [0.1, 0.15) is 0 Å². The lowest BCUT2D eigenvalue weighted by Crippen LogP contribution is -2.14. The number of rotatable bonds is 3. The molecule has 0 bridgehead atoms. The molecule has 0 N–H and O–H groups in total. The zero-order chi connectivity index (χ0) is 33.6. The Morgan fingerprint density at radius 1 is 0.340 bits per heavy atom. The van der Waals surface area contributed by atoms with Gasteiger partial charge < -0.3 is 0 Å². The van der Waals surface area contributed by atoms with Crippen LogP contribution in [0.15, 0.2) is 164 Å². The largest absolute Gasteiger partial charge is 0.0619 e. The van der Waals surface area contributed by atoms with E-state index in [2.05, 4.69) is 185 Å². The molecule has 0 atom stereocenters. The van der Waals surface area contributed by atoms with Crippen LogP contribution in [0.1, 0.15) is 30.5 Å². The van der Waals surface area contributed by atoms with Gasteiger partial charge in [-0.2, -0.15) is 0 Å². The first kappa shape index (κ1) is 29.0. The molecule has 0 spiro atoms. The molecule has 9 aromatic rings. The van der Waals surface area contributed by atoms with Gasteiger partial charge in [0.25, 0.3) is 0 Å². The van der Waals surface area contributed by atoms with Crippen molar-refractivity contribution in [2.75, 3.05) is 0 Å². The molecular formula is C50H36. The molecule has 0 amide bonds. The quantitative estimate of drug-likeness (QED) is 0.134. The Bertz CT molecular complexity index is 2850. The fourth-order valence-corrected chi connectivity index (χ4v) is 8.99. The highest BCUT2D eigenvalue weighted by atomic mass is 14.4. The minimum atomic E-state index is -0.0588. The van der Waals surface area contributed by atoms with Crippen molar-refractivity contribution in [1.29, 1.82) is 0 Å². The maximum Gasteiger partial charge on any atom is 0.0159 e. The van der Waals surface area contributed by atoms with Crippen LogP contribution in [0.5, 0.6) is 0 Å². The van der Waals surface area contributed by atoms with Gasteiger partial charge in [0.15, 0.2) is 0 Å². The van der Waals surface area contributed by atoms with E-state index in [1.54, 1.807) is 0 Å². The Kier molecular flexibility index (Phi) is 6.24. The fourth-order valence-electron chi connectivity index (χ4n) is 8.99. The summed E-state index contributed by atoms with van der Waals surface area (Å²) in [6.45, 7) is 6.96. The van der Waals surface area contributed by atoms with Gasteiger partial charge in [0, 0.05) is 5.41 Å². The van der Waals surface area contributed by atoms with E-state index in [0.717, 1.165) is 0 Å². The van der Waals surface area contributed by atoms with Gasteiger partial charge >= 0.3 is 0 Å². The van der Waals surface area contributed by atoms with Crippen LogP contribution in [-0.4, -0.2) is 0 Å². The van der Waals surface area contributed by atoms with Crippen molar-refractivity contribution in [2.24, 2.45) is 0 Å². The number of fused-ring (bicyclic) bond motifs is 8. The van der Waals surface area contributed by atoms with Crippen LogP contribution >= 0.6 is 0 Å². The third-order valence-corrected chi connectivity index (χ3v) is 11.3. The summed E-state index contributed by atoms with van der Waals surface area (Å²) in [5.74, 6) is 0. The second kappa shape index (κ2) is 10.8. The van der Waals surface area contributed by atoms with E-state index in [0.29, 0.717) is 0 Å². The molecule has 0 saturated heterocycles. The van der Waals surface area contributed by atoms with E-state index in [1.165, 1.54) is 104 Å². The molecule has 0 heteroatoms. The molecule has 0 aliphatic heterocycles. The fraction of sp³-hybridized carbons (Fsp3) is 0.0800. The van der Waals surface area contributed by atoms with Crippen molar-refractivity contribution in [3.05, 3.63) is 180 Å². The second-order valence-corrected chi connectivity index (χ2v) is 14.5. The third-order valence-electron chi connectivity index (χ3n) is 11.3. The predicted molar refractivity (Wildman–Crippen MR) is 215 cm³/mol. The standard InChI is InChI=1S/C50H36/c1-31-26-27-40-44(28-31)48(42-23-13-25-46-49(42)41-22-10-11-24-45(41)50(46,2)3)39-21-9-8-20-38(39)47(40)34-16-12-15-32(29-34)43-30-33-14-4-5-17-35(33)36-18-6-7-19-37(36)43/h4-30H,1-3H3. The molecule has 0 nitrogen and oxygen atoms in total. The van der Waals surface area contributed by atoms with Crippen molar-refractivity contribution < 1.29 is 0 Å². The highest BCUT2D eigenvalue weighted by Gasteiger charge is 2.37. The third kappa shape index (κ3) is 4.12. The normalized spacial score (nSPS) is 13.3. The predicted octanol–water partition coefficient (Wildman–Crippen LogP) is 13.9. The molecule has 50 heavy (non-hydrogen) atoms. The smallest absolute Gasteiger partial charge is 0.0159 e. The highest BCUT2D eigenvalue weighted by Crippen LogP contribution is 2.54. The van der Waals surface area contributed by atoms with Gasteiger partial charge in [-0.25, -0.2) is 0 Å². The maximum atomic E-state index is 2.41. The summed E-state index contributed by atoms with van der Waals surface area (Å²) < 4.78 is 0. The Labute approximate surface area is 293 Å². The van der Waals surface area contributed by atoms with E-state index in [1.807, 2.05) is 0 Å². The summed E-state index contributed by atoms with van der Waals surface area (Å²) in [5.41, 5.74) is 14.4. The Morgan fingerprint density at radius 3 is 1.78 bits per heavy atom. The van der Waals surface area contributed by atoms with Crippen molar-refractivity contribution >= 4 is 43.1 Å². The molecule has 1 aliphatic carbocycles. The van der Waals surface area contributed by atoms with E-state index in [9.17, 15) is 0 Å². The van der Waals surface area contributed by atoms with Gasteiger partial charge in [-0.05, 0) is 118 Å². The molecule has 0 fully saturated rings. The van der Waals surface area contributed by atoms with E-state index in [-0.39, 0.29) is 5.41 Å². The highest BCUT2D eigenvalue weighted by molar-refractivity contribution is 6.23. The topological polar surface area (TPSA) is 0 Å². The van der Waals surface area contributed by atoms with Crippen LogP contribution in [-0.2, 0) is 5.41 Å². The first-order chi connectivity index (χ1) is 24.5. The Balaban J connectivity index is 1.27. The van der Waals surface area contributed by atoms with Crippen molar-refractivity contribution in [1.82, 2.24) is 0 Å². The molecule has 236 valence electrons. The molecule has 9 aromatic carbocycles. The van der Waals surface area contributed by atoms with Crippen molar-refractivity contribution in [3.63, 3.8) is 0 Å². The van der Waals surface area contributed by atoms with Crippen LogP contribution in [0.4, 0.5) is 0 Å². The molecule has 0 radical (unpaired) electrons. The Hall–Kier alpha value is -5.98. The van der Waals surface area contributed by atoms with Crippen LogP contribution in [0.25, 0.3) is 87.6 Å². The summed E-state index contributed by atoms with van der Waals surface area (Å²) in [4.78, 5) is 0. The summed E-state index contributed by atoms with van der Waals surface area (Å²) >= 11 is 0. The second-order valence-electron chi connectivity index (χ2n) is 14.5. The maximum absolute atomic E-state index is 2.41. The monoisotopic (exact) mass is 636 g/mol. The van der Waals surface area contributed by atoms with Crippen LogP contribution in [0.2, 0.25) is 0 Å². The van der Waals surface area contributed by atoms with Crippen molar-refractivity contribution in [2.45, 2.75) is 26.2 Å². The molecule has 0 aromatic heterocycles. The molecule has 0 saturated carbocycles. The molecule has 0 unspecified atom stereocenters. The van der Waals surface area contributed by atoms with Gasteiger partial charge in [-0.3, -0.25) is 0 Å². The van der Waals surface area contributed by atoms with Gasteiger partial charge in [-0.15, -0.1) is 0 Å². The summed E-state index contributed by atoms with van der Waals surface area (Å²) in [5, 5.41) is 10.3. The SMILES string of the molecule is Cc1ccc2c(-c3cccc(-c4cc5ccccc5c5ccccc45)c3)c3ccccc3c(-c3cccc4c3-c3ccccc3C4(C)C)c2c1. The lowest BCUT2D eigenvalue weighted by atomic mass is 9.80. The van der Waals surface area contributed by atoms with E-state index >= 15 is 0 Å². The number of hydrogen-bond donors (Lipinski definition) is 0. The van der Waals surface area contributed by atoms with E-state index in [4.69, 9.17) is 0 Å². The lowest BCUT2D eigenvalue weighted by Gasteiger charge is -2.23. The van der Waals surface area contributed by atoms with Crippen LogP contribution in [0, 0.1) is 6.92 Å². The van der Waals surface area contributed by atoms with Gasteiger partial charge in [0.05, 0.1) is 0 Å². The first-order valence-corrected chi connectivity index (χ1v) is 17.7. The van der Waals surface area contributed by atoms with Crippen molar-refractivity contribution in [3.8, 4) is 44.5 Å². The molecule has 0 heterocycles. The molecule has 1 aliphatic rings. The average Bonchev–Trinajstić information content (AvgIpc) is 3.40. The summed E-state index contributed by atoms with van der Waals surface area (Å²) in [7, 11) is 0. The zero-order valence-electron chi connectivity index (χ0n) is 28.6. The first-order valence-electron chi connectivity index (χ1n) is 17.7. The van der Waals surface area contributed by atoms with Gasteiger partial charge in [-0.1, -0.05) is 171 Å². The Morgan fingerprint density at radius 2 is 0.940 bits per heavy atom. The number of aryl methyl sites for hydroxylation is 1. The minimum absolute atomic E-state index is 0.0588. The number of hydrogen-bond acceptors (Lipinski definition) is 0. The summed E-state index contributed by atoms with van der Waals surface area (Å²) in [6.07, 6.45) is 0. The average molecular weight is 637 g/mol.